The van der Waals surface area contributed by atoms with Crippen molar-refractivity contribution >= 4 is 11.8 Å². The van der Waals surface area contributed by atoms with E-state index in [4.69, 9.17) is 0 Å². The van der Waals surface area contributed by atoms with Crippen LogP contribution in [0.2, 0.25) is 0 Å². The van der Waals surface area contributed by atoms with Crippen molar-refractivity contribution in [3.8, 4) is 5.75 Å². The smallest absolute Gasteiger partial charge is 0.258 e. The van der Waals surface area contributed by atoms with Crippen LogP contribution in [0.5, 0.6) is 5.75 Å². The zero-order valence-electron chi connectivity index (χ0n) is 9.29. The molecule has 2 amide bonds. The molecule has 1 aromatic carbocycles. The minimum Gasteiger partial charge on any atom is -0.507 e. The summed E-state index contributed by atoms with van der Waals surface area (Å²) in [5.74, 6) is -2.50. The molecule has 0 saturated carbocycles. The Kier molecular flexibility index (Phi) is 4.45. The van der Waals surface area contributed by atoms with Crippen LogP contribution in [0.1, 0.15) is 17.3 Å². The van der Waals surface area contributed by atoms with Crippen LogP contribution in [0.25, 0.3) is 0 Å². The van der Waals surface area contributed by atoms with Crippen LogP contribution in [0.4, 0.5) is 4.39 Å². The minimum absolute atomic E-state index is 0.263. The van der Waals surface area contributed by atoms with Crippen molar-refractivity contribution in [2.45, 2.75) is 6.92 Å². The molecule has 0 aliphatic rings. The number of nitrogens with one attached hydrogen (secondary N) is 2. The molecule has 1 aromatic rings. The van der Waals surface area contributed by atoms with E-state index in [9.17, 15) is 19.1 Å². The predicted molar refractivity (Wildman–Crippen MR) is 59.1 cm³/mol. The summed E-state index contributed by atoms with van der Waals surface area (Å²) in [6.07, 6.45) is 0. The van der Waals surface area contributed by atoms with E-state index < -0.39 is 23.0 Å². The molecular weight excluding hydrogens is 227 g/mol. The first-order valence-corrected chi connectivity index (χ1v) is 5.08. The first-order valence-electron chi connectivity index (χ1n) is 5.08. The standard InChI is InChI=1S/C11H13FN2O3/c1-2-13-9(16)6-14-11(17)10-7(12)4-3-5-8(10)15/h3-5,15H,2,6H2,1H3,(H,13,16)(H,14,17). The van der Waals surface area contributed by atoms with Gasteiger partial charge in [0.2, 0.25) is 5.91 Å². The summed E-state index contributed by atoms with van der Waals surface area (Å²) in [4.78, 5) is 22.6. The van der Waals surface area contributed by atoms with Gasteiger partial charge in [-0.25, -0.2) is 4.39 Å². The van der Waals surface area contributed by atoms with E-state index >= 15 is 0 Å². The number of rotatable bonds is 4. The van der Waals surface area contributed by atoms with Crippen LogP contribution in [0.3, 0.4) is 0 Å². The summed E-state index contributed by atoms with van der Waals surface area (Å²) in [5.41, 5.74) is -0.461. The molecule has 5 nitrogen and oxygen atoms in total. The Labute approximate surface area is 97.6 Å². The first-order chi connectivity index (χ1) is 8.06. The van der Waals surface area contributed by atoms with Gasteiger partial charge in [0.05, 0.1) is 6.54 Å². The summed E-state index contributed by atoms with van der Waals surface area (Å²) >= 11 is 0. The number of hydrogen-bond donors (Lipinski definition) is 3. The van der Waals surface area contributed by atoms with Crippen molar-refractivity contribution in [2.24, 2.45) is 0 Å². The fraction of sp³-hybridized carbons (Fsp3) is 0.273. The van der Waals surface area contributed by atoms with Crippen molar-refractivity contribution in [1.29, 1.82) is 0 Å². The minimum atomic E-state index is -0.835. The fourth-order valence-corrected chi connectivity index (χ4v) is 1.25. The maximum atomic E-state index is 13.3. The number of carbonyl (C=O) groups excluding carboxylic acids is 2. The second-order valence-corrected chi connectivity index (χ2v) is 3.27. The van der Waals surface area contributed by atoms with Gasteiger partial charge in [-0.2, -0.15) is 0 Å². The van der Waals surface area contributed by atoms with E-state index in [1.807, 2.05) is 0 Å². The number of phenols is 1. The Morgan fingerprint density at radius 1 is 1.35 bits per heavy atom. The van der Waals surface area contributed by atoms with Gasteiger partial charge >= 0.3 is 0 Å². The van der Waals surface area contributed by atoms with Crippen molar-refractivity contribution in [1.82, 2.24) is 10.6 Å². The molecular formula is C11H13FN2O3. The number of amides is 2. The second-order valence-electron chi connectivity index (χ2n) is 3.27. The topological polar surface area (TPSA) is 78.4 Å². The molecule has 0 fully saturated rings. The van der Waals surface area contributed by atoms with Crippen LogP contribution in [0, 0.1) is 5.82 Å². The third-order valence-electron chi connectivity index (χ3n) is 2.00. The Morgan fingerprint density at radius 3 is 2.65 bits per heavy atom. The Morgan fingerprint density at radius 2 is 2.06 bits per heavy atom. The normalized spacial score (nSPS) is 9.76. The molecule has 0 aromatic heterocycles. The highest BCUT2D eigenvalue weighted by Gasteiger charge is 2.16. The average Bonchev–Trinajstić information content (AvgIpc) is 2.26. The first kappa shape index (κ1) is 13.0. The molecule has 0 aliphatic heterocycles. The van der Waals surface area contributed by atoms with Gasteiger partial charge in [0.15, 0.2) is 0 Å². The van der Waals surface area contributed by atoms with Gasteiger partial charge in [-0.1, -0.05) is 6.07 Å². The summed E-state index contributed by atoms with van der Waals surface area (Å²) < 4.78 is 13.3. The highest BCUT2D eigenvalue weighted by Crippen LogP contribution is 2.19. The number of aromatic hydroxyl groups is 1. The van der Waals surface area contributed by atoms with Crippen LogP contribution >= 0.6 is 0 Å². The predicted octanol–water partition coefficient (Wildman–Crippen LogP) is 0.397. The molecule has 1 rings (SSSR count). The maximum Gasteiger partial charge on any atom is 0.258 e. The summed E-state index contributed by atoms with van der Waals surface area (Å²) in [6, 6.07) is 3.54. The molecule has 0 spiro atoms. The lowest BCUT2D eigenvalue weighted by Gasteiger charge is -2.07. The molecule has 0 bridgehead atoms. The summed E-state index contributed by atoms with van der Waals surface area (Å²) in [7, 11) is 0. The second kappa shape index (κ2) is 5.83. The summed E-state index contributed by atoms with van der Waals surface area (Å²) in [5, 5.41) is 14.0. The van der Waals surface area contributed by atoms with Gasteiger partial charge in [-0.3, -0.25) is 9.59 Å². The van der Waals surface area contributed by atoms with E-state index in [1.165, 1.54) is 12.1 Å². The molecule has 6 heteroatoms. The Bertz CT molecular complexity index is 414. The average molecular weight is 240 g/mol. The van der Waals surface area contributed by atoms with Gasteiger partial charge in [-0.05, 0) is 19.1 Å². The van der Waals surface area contributed by atoms with Gasteiger partial charge in [0.1, 0.15) is 17.1 Å². The van der Waals surface area contributed by atoms with Crippen molar-refractivity contribution in [3.05, 3.63) is 29.6 Å². The van der Waals surface area contributed by atoms with E-state index in [2.05, 4.69) is 10.6 Å². The molecule has 0 heterocycles. The Balaban J connectivity index is 2.68. The maximum absolute atomic E-state index is 13.3. The highest BCUT2D eigenvalue weighted by atomic mass is 19.1. The lowest BCUT2D eigenvalue weighted by atomic mass is 10.1. The van der Waals surface area contributed by atoms with Crippen LogP contribution in [-0.2, 0) is 4.79 Å². The molecule has 92 valence electrons. The molecule has 3 N–H and O–H groups in total. The van der Waals surface area contributed by atoms with Crippen LogP contribution < -0.4 is 10.6 Å². The fourth-order valence-electron chi connectivity index (χ4n) is 1.25. The van der Waals surface area contributed by atoms with E-state index in [1.54, 1.807) is 6.92 Å². The van der Waals surface area contributed by atoms with Crippen molar-refractivity contribution < 1.29 is 19.1 Å². The largest absolute Gasteiger partial charge is 0.507 e. The van der Waals surface area contributed by atoms with E-state index in [-0.39, 0.29) is 12.5 Å². The van der Waals surface area contributed by atoms with Crippen molar-refractivity contribution in [3.63, 3.8) is 0 Å². The molecule has 0 atom stereocenters. The number of phenolic OH excluding ortho intramolecular Hbond substituents is 1. The number of hydrogen-bond acceptors (Lipinski definition) is 3. The molecule has 0 aliphatic carbocycles. The zero-order valence-corrected chi connectivity index (χ0v) is 9.29. The van der Waals surface area contributed by atoms with Crippen LogP contribution in [-0.4, -0.2) is 30.0 Å². The highest BCUT2D eigenvalue weighted by molar-refractivity contribution is 5.98. The van der Waals surface area contributed by atoms with Crippen molar-refractivity contribution in [2.75, 3.05) is 13.1 Å². The van der Waals surface area contributed by atoms with Gasteiger partial charge in [0.25, 0.3) is 5.91 Å². The third-order valence-corrected chi connectivity index (χ3v) is 2.00. The van der Waals surface area contributed by atoms with E-state index in [0.29, 0.717) is 6.54 Å². The zero-order chi connectivity index (χ0) is 12.8. The van der Waals surface area contributed by atoms with Gasteiger partial charge in [-0.15, -0.1) is 0 Å². The van der Waals surface area contributed by atoms with Gasteiger partial charge < -0.3 is 15.7 Å². The summed E-state index contributed by atoms with van der Waals surface area (Å²) in [6.45, 7) is 1.92. The number of benzene rings is 1. The lowest BCUT2D eigenvalue weighted by molar-refractivity contribution is -0.120. The molecule has 0 saturated heterocycles. The molecule has 17 heavy (non-hydrogen) atoms. The number of carbonyl (C=O) groups is 2. The number of likely N-dealkylation sites (N-methyl/N-ethyl adjacent to an activating group) is 1. The lowest BCUT2D eigenvalue weighted by Crippen LogP contribution is -2.37. The monoisotopic (exact) mass is 240 g/mol. The quantitative estimate of drug-likeness (QED) is 0.712. The molecule has 0 unspecified atom stereocenters. The third kappa shape index (κ3) is 3.44. The Hall–Kier alpha value is -2.11. The molecule has 0 radical (unpaired) electrons. The van der Waals surface area contributed by atoms with Crippen LogP contribution in [0.15, 0.2) is 18.2 Å². The van der Waals surface area contributed by atoms with E-state index in [0.717, 1.165) is 6.07 Å². The number of halogens is 1. The van der Waals surface area contributed by atoms with Gasteiger partial charge in [0, 0.05) is 6.54 Å². The SMILES string of the molecule is CCNC(=O)CNC(=O)c1c(O)cccc1F.